The summed E-state index contributed by atoms with van der Waals surface area (Å²) in [6.45, 7) is -4.79. The van der Waals surface area contributed by atoms with Gasteiger partial charge >= 0.3 is 30.2 Å². The first-order valence-electron chi connectivity index (χ1n) is 6.52. The zero-order valence-corrected chi connectivity index (χ0v) is 17.4. The van der Waals surface area contributed by atoms with Crippen LogP contribution in [0.25, 0.3) is 0 Å². The number of rotatable bonds is 8. The number of hydrogen-bond acceptors (Lipinski definition) is 10. The summed E-state index contributed by atoms with van der Waals surface area (Å²) >= 11 is 4.13. The van der Waals surface area contributed by atoms with E-state index >= 15 is 0 Å². The summed E-state index contributed by atoms with van der Waals surface area (Å²) < 4.78 is 50.1. The Morgan fingerprint density at radius 1 is 0.536 bits per heavy atom. The van der Waals surface area contributed by atoms with Crippen molar-refractivity contribution in [2.45, 2.75) is 36.6 Å². The summed E-state index contributed by atoms with van der Waals surface area (Å²) in [5, 5.41) is 20.2. The Bertz CT molecular complexity index is 694. The lowest BCUT2D eigenvalue weighted by Crippen LogP contribution is -2.65. The quantitative estimate of drug-likeness (QED) is 0.142. The van der Waals surface area contributed by atoms with E-state index in [1.807, 2.05) is 0 Å². The standard InChI is InChI=1S/C6H16O17P4S/c7-1-3(20-24(9,10)11)2(8)5(23-27(18,19)28)6(22-26(15,16)17)4(1)21-25(12,13)14/h1-8H,(H2,9,10,11)(H2,12,13,14)(H2,15,16,17)(H2,18,19,28)/t1-,2-,3+,4-,5+,6+/m0/s1. The van der Waals surface area contributed by atoms with Gasteiger partial charge in [-0.15, -0.1) is 0 Å². The molecule has 0 aromatic rings. The van der Waals surface area contributed by atoms with E-state index in [0.29, 0.717) is 0 Å². The minimum absolute atomic E-state index is 2.45. The predicted octanol–water partition coefficient (Wildman–Crippen LogP) is -3.25. The Hall–Kier alpha value is 0.780. The van der Waals surface area contributed by atoms with E-state index in [0.717, 1.165) is 0 Å². The second-order valence-electron chi connectivity index (χ2n) is 5.22. The maximum Gasteiger partial charge on any atom is 0.470 e. The molecule has 168 valence electrons. The van der Waals surface area contributed by atoms with E-state index in [2.05, 4.69) is 29.9 Å². The molecule has 1 rings (SSSR count). The van der Waals surface area contributed by atoms with Crippen molar-refractivity contribution < 1.29 is 81.2 Å². The van der Waals surface area contributed by atoms with Gasteiger partial charge in [0.05, 0.1) is 0 Å². The second-order valence-corrected chi connectivity index (χ2v) is 11.4. The van der Waals surface area contributed by atoms with Crippen LogP contribution in [0.1, 0.15) is 0 Å². The Balaban J connectivity index is 3.50. The van der Waals surface area contributed by atoms with Crippen LogP contribution in [-0.4, -0.2) is 86.0 Å². The van der Waals surface area contributed by atoms with Crippen LogP contribution in [0.2, 0.25) is 0 Å². The normalized spacial score (nSPS) is 33.1. The highest BCUT2D eigenvalue weighted by Crippen LogP contribution is 2.52. The minimum atomic E-state index is -5.57. The van der Waals surface area contributed by atoms with Crippen LogP contribution in [-0.2, 0) is 43.6 Å². The van der Waals surface area contributed by atoms with Crippen molar-refractivity contribution in [1.29, 1.82) is 0 Å². The smallest absolute Gasteiger partial charge is 0.387 e. The molecule has 0 aromatic carbocycles. The zero-order valence-electron chi connectivity index (χ0n) is 13.0. The van der Waals surface area contributed by atoms with Crippen molar-refractivity contribution in [2.75, 3.05) is 0 Å². The van der Waals surface area contributed by atoms with Gasteiger partial charge in [-0.3, -0.25) is 18.1 Å². The van der Waals surface area contributed by atoms with Crippen molar-refractivity contribution in [2.24, 2.45) is 0 Å². The number of phosphoric acid groups is 3. The van der Waals surface area contributed by atoms with Gasteiger partial charge in [0.15, 0.2) is 0 Å². The molecule has 17 nitrogen and oxygen atoms in total. The molecular formula is C6H16O17P4S. The molecule has 10 N–H and O–H groups in total. The van der Waals surface area contributed by atoms with E-state index < -0.39 is 66.8 Å². The Morgan fingerprint density at radius 3 is 1.14 bits per heavy atom. The van der Waals surface area contributed by atoms with Crippen LogP contribution in [0.4, 0.5) is 0 Å². The summed E-state index contributed by atoms with van der Waals surface area (Å²) in [6, 6.07) is 0. The lowest BCUT2D eigenvalue weighted by molar-refractivity contribution is -0.207. The lowest BCUT2D eigenvalue weighted by atomic mass is 9.85. The fourth-order valence-electron chi connectivity index (χ4n) is 2.28. The van der Waals surface area contributed by atoms with Crippen molar-refractivity contribution in [3.8, 4) is 0 Å². The molecule has 0 spiro atoms. The summed E-state index contributed by atoms with van der Waals surface area (Å²) in [7, 11) is -16.6. The molecular weight excluding hydrogens is 500 g/mol. The first kappa shape index (κ1) is 26.8. The zero-order chi connectivity index (χ0) is 22.3. The van der Waals surface area contributed by atoms with Crippen molar-refractivity contribution in [3.63, 3.8) is 0 Å². The fourth-order valence-corrected chi connectivity index (χ4v) is 4.82. The predicted molar refractivity (Wildman–Crippen MR) is 86.4 cm³/mol. The van der Waals surface area contributed by atoms with Crippen LogP contribution in [0.15, 0.2) is 0 Å². The highest BCUT2D eigenvalue weighted by atomic mass is 32.5. The fraction of sp³-hybridized carbons (Fsp3) is 1.00. The molecule has 0 bridgehead atoms. The monoisotopic (exact) mass is 516 g/mol. The van der Waals surface area contributed by atoms with Crippen LogP contribution in [0.3, 0.4) is 0 Å². The van der Waals surface area contributed by atoms with E-state index in [4.69, 9.17) is 29.4 Å². The molecule has 22 heteroatoms. The highest BCUT2D eigenvalue weighted by molar-refractivity contribution is 8.06. The minimum Gasteiger partial charge on any atom is -0.387 e. The highest BCUT2D eigenvalue weighted by Gasteiger charge is 2.58. The van der Waals surface area contributed by atoms with Gasteiger partial charge in [-0.2, -0.15) is 0 Å². The van der Waals surface area contributed by atoms with Crippen LogP contribution in [0.5, 0.6) is 0 Å². The lowest BCUT2D eigenvalue weighted by Gasteiger charge is -2.46. The number of phosphoric ester groups is 3. The third-order valence-electron chi connectivity index (χ3n) is 3.03. The molecule has 0 heterocycles. The molecule has 0 unspecified atom stereocenters. The summed E-state index contributed by atoms with van der Waals surface area (Å²) in [4.78, 5) is 72.0. The molecule has 1 fully saturated rings. The van der Waals surface area contributed by atoms with Crippen molar-refractivity contribution in [1.82, 2.24) is 0 Å². The summed E-state index contributed by atoms with van der Waals surface area (Å²) in [5.41, 5.74) is 0. The van der Waals surface area contributed by atoms with E-state index in [1.165, 1.54) is 0 Å². The van der Waals surface area contributed by atoms with E-state index in [1.54, 1.807) is 0 Å². The molecule has 6 atom stereocenters. The van der Waals surface area contributed by atoms with Crippen molar-refractivity contribution in [3.05, 3.63) is 0 Å². The van der Waals surface area contributed by atoms with Gasteiger partial charge in [0.25, 0.3) is 0 Å². The summed E-state index contributed by atoms with van der Waals surface area (Å²) in [6.07, 6.45) is -15.1. The molecule has 0 aliphatic heterocycles. The van der Waals surface area contributed by atoms with Crippen LogP contribution >= 0.6 is 30.2 Å². The molecule has 1 saturated carbocycles. The molecule has 1 aliphatic rings. The number of aliphatic hydroxyl groups is 2. The Morgan fingerprint density at radius 2 is 0.821 bits per heavy atom. The van der Waals surface area contributed by atoms with E-state index in [-0.39, 0.29) is 0 Å². The van der Waals surface area contributed by atoms with Gasteiger partial charge in [0.1, 0.15) is 36.6 Å². The van der Waals surface area contributed by atoms with E-state index in [9.17, 15) is 33.7 Å². The Kier molecular flexibility index (Phi) is 8.72. The van der Waals surface area contributed by atoms with Gasteiger partial charge in [-0.25, -0.2) is 13.7 Å². The third kappa shape index (κ3) is 8.88. The van der Waals surface area contributed by atoms with Crippen molar-refractivity contribution >= 4 is 42.0 Å². The molecule has 0 radical (unpaired) electrons. The van der Waals surface area contributed by atoms with Gasteiger partial charge in [-0.1, -0.05) is 0 Å². The average Bonchev–Trinajstić information content (AvgIpc) is 2.39. The Labute approximate surface area is 160 Å². The topological polar surface area (TPSA) is 290 Å². The van der Waals surface area contributed by atoms with Crippen LogP contribution < -0.4 is 0 Å². The molecule has 28 heavy (non-hydrogen) atoms. The maximum absolute atomic E-state index is 11.2. The van der Waals surface area contributed by atoms with Crippen LogP contribution in [0, 0.1) is 0 Å². The van der Waals surface area contributed by atoms with Gasteiger partial charge in [0, 0.05) is 0 Å². The number of aliphatic hydroxyl groups excluding tert-OH is 2. The van der Waals surface area contributed by atoms with Gasteiger partial charge in [-0.05, 0) is 11.8 Å². The van der Waals surface area contributed by atoms with Gasteiger partial charge < -0.3 is 49.4 Å². The molecule has 0 aromatic heterocycles. The average molecular weight is 516 g/mol. The van der Waals surface area contributed by atoms with Gasteiger partial charge in [0.2, 0.25) is 0 Å². The second kappa shape index (κ2) is 9.10. The first-order valence-corrected chi connectivity index (χ1v) is 13.7. The molecule has 0 amide bonds. The molecule has 0 saturated heterocycles. The summed E-state index contributed by atoms with van der Waals surface area (Å²) in [5.74, 6) is 0. The largest absolute Gasteiger partial charge is 0.470 e. The maximum atomic E-state index is 11.2. The first-order chi connectivity index (χ1) is 12.2. The number of hydrogen-bond donors (Lipinski definition) is 10. The molecule has 1 aliphatic carbocycles. The SMILES string of the molecule is O=P(O)(O)O[C@H]1[C@H](O)[C@@H](OP(O)(O)=S)[C@H](OP(=O)(O)O)[C@@H](OP(=O)(O)O)[C@H]1O. The third-order valence-corrected chi connectivity index (χ3v) is 5.36.